The Morgan fingerprint density at radius 1 is 1.36 bits per heavy atom. The average Bonchev–Trinajstić information content (AvgIpc) is 2.57. The molecule has 1 heterocycles. The number of pyridine rings is 1. The number of methoxy groups -OCH3 is 1. The van der Waals surface area contributed by atoms with E-state index < -0.39 is 5.97 Å². The van der Waals surface area contributed by atoms with E-state index in [-0.39, 0.29) is 0 Å². The Labute approximate surface area is 128 Å². The van der Waals surface area contributed by atoms with E-state index in [2.05, 4.69) is 15.4 Å². The van der Waals surface area contributed by atoms with Crippen LogP contribution in [-0.2, 0) is 4.74 Å². The molecule has 6 nitrogen and oxygen atoms in total. The summed E-state index contributed by atoms with van der Waals surface area (Å²) in [6, 6.07) is 8.81. The third-order valence-electron chi connectivity index (χ3n) is 3.10. The second kappa shape index (κ2) is 7.12. The Bertz CT molecular complexity index is 711. The molecular weight excluding hydrogens is 280 g/mol. The third kappa shape index (κ3) is 3.54. The second-order valence-corrected chi connectivity index (χ2v) is 4.55. The molecule has 112 valence electrons. The molecule has 0 fully saturated rings. The fourth-order valence-corrected chi connectivity index (χ4v) is 1.86. The van der Waals surface area contributed by atoms with E-state index in [0.717, 1.165) is 16.8 Å². The zero-order valence-corrected chi connectivity index (χ0v) is 12.3. The quantitative estimate of drug-likeness (QED) is 0.651. The summed E-state index contributed by atoms with van der Waals surface area (Å²) in [5, 5.41) is 6.56. The highest BCUT2D eigenvalue weighted by Gasteiger charge is 2.08. The number of nitrogens with one attached hydrogen (secondary N) is 2. The van der Waals surface area contributed by atoms with Gasteiger partial charge >= 0.3 is 5.97 Å². The molecule has 1 aromatic heterocycles. The molecule has 0 unspecified atom stereocenters. The first-order valence-electron chi connectivity index (χ1n) is 6.59. The number of hydrogen-bond acceptors (Lipinski definition) is 6. The van der Waals surface area contributed by atoms with Crippen molar-refractivity contribution in [1.82, 2.24) is 4.98 Å². The molecule has 0 atom stereocenters. The number of aromatic nitrogens is 1. The minimum atomic E-state index is -0.398. The predicted octanol–water partition coefficient (Wildman–Crippen LogP) is 3.62. The smallest absolute Gasteiger partial charge is 0.337 e. The van der Waals surface area contributed by atoms with E-state index in [4.69, 9.17) is 10.3 Å². The summed E-state index contributed by atoms with van der Waals surface area (Å²) in [6.45, 7) is 1.92. The predicted molar refractivity (Wildman–Crippen MR) is 83.5 cm³/mol. The van der Waals surface area contributed by atoms with E-state index in [1.54, 1.807) is 36.8 Å². The van der Waals surface area contributed by atoms with Crippen molar-refractivity contribution in [2.45, 2.75) is 6.92 Å². The van der Waals surface area contributed by atoms with E-state index in [0.29, 0.717) is 11.3 Å². The van der Waals surface area contributed by atoms with Crippen LogP contribution in [0.4, 0.5) is 5.69 Å². The number of benzene rings is 1. The summed E-state index contributed by atoms with van der Waals surface area (Å²) in [4.78, 5) is 15.6. The minimum absolute atomic E-state index is 0.398. The van der Waals surface area contributed by atoms with E-state index >= 15 is 0 Å². The maximum Gasteiger partial charge on any atom is 0.337 e. The zero-order valence-electron chi connectivity index (χ0n) is 12.3. The second-order valence-electron chi connectivity index (χ2n) is 4.55. The van der Waals surface area contributed by atoms with Gasteiger partial charge in [-0.05, 0) is 36.8 Å². The Hall–Kier alpha value is -3.02. The largest absolute Gasteiger partial charge is 0.465 e. The van der Waals surface area contributed by atoms with Crippen LogP contribution in [0.5, 0.6) is 0 Å². The number of carbonyl (C=O) groups excluding carboxylic acids is 1. The van der Waals surface area contributed by atoms with E-state index in [9.17, 15) is 4.79 Å². The van der Waals surface area contributed by atoms with Gasteiger partial charge in [0, 0.05) is 29.8 Å². The van der Waals surface area contributed by atoms with Crippen molar-refractivity contribution in [3.8, 4) is 0 Å². The molecule has 22 heavy (non-hydrogen) atoms. The van der Waals surface area contributed by atoms with E-state index in [1.165, 1.54) is 7.11 Å². The first-order chi connectivity index (χ1) is 10.7. The van der Waals surface area contributed by atoms with Crippen LogP contribution in [0.2, 0.25) is 0 Å². The van der Waals surface area contributed by atoms with Gasteiger partial charge in [-0.25, -0.2) is 10.3 Å². The van der Waals surface area contributed by atoms with Crippen LogP contribution in [-0.4, -0.2) is 18.1 Å². The number of hydrogen-bond donors (Lipinski definition) is 2. The van der Waals surface area contributed by atoms with Crippen molar-refractivity contribution in [1.29, 1.82) is 5.53 Å². The van der Waals surface area contributed by atoms with Crippen LogP contribution >= 0.6 is 0 Å². The molecule has 0 aliphatic heterocycles. The highest BCUT2D eigenvalue weighted by Crippen LogP contribution is 2.20. The molecule has 0 saturated carbocycles. The van der Waals surface area contributed by atoms with E-state index in [1.807, 2.05) is 19.1 Å². The lowest BCUT2D eigenvalue weighted by molar-refractivity contribution is 0.0601. The maximum atomic E-state index is 11.6. The number of anilines is 1. The molecule has 0 aliphatic rings. The van der Waals surface area contributed by atoms with Crippen LogP contribution in [0.25, 0.3) is 5.70 Å². The summed E-state index contributed by atoms with van der Waals surface area (Å²) >= 11 is 0. The molecule has 0 spiro atoms. The van der Waals surface area contributed by atoms with Gasteiger partial charge in [-0.2, -0.15) is 5.11 Å². The number of rotatable bonds is 5. The summed E-state index contributed by atoms with van der Waals surface area (Å²) in [5.74, 6) is -0.398. The topological polar surface area (TPSA) is 87.4 Å². The molecule has 0 amide bonds. The lowest BCUT2D eigenvalue weighted by Crippen LogP contribution is -2.03. The first-order valence-corrected chi connectivity index (χ1v) is 6.59. The highest BCUT2D eigenvalue weighted by molar-refractivity contribution is 5.90. The molecule has 0 saturated heterocycles. The molecule has 2 aromatic rings. The van der Waals surface area contributed by atoms with Crippen molar-refractivity contribution in [2.75, 3.05) is 12.4 Å². The van der Waals surface area contributed by atoms with Crippen molar-refractivity contribution in [3.05, 3.63) is 65.6 Å². The summed E-state index contributed by atoms with van der Waals surface area (Å²) in [6.07, 6.45) is 4.89. The third-order valence-corrected chi connectivity index (χ3v) is 3.10. The Kier molecular flexibility index (Phi) is 4.98. The maximum absolute atomic E-state index is 11.6. The molecular formula is C16H16N4O2. The SMILES string of the molecule is COC(=O)c1ccc(C)c(N/C=C(\N=N)c2cccnc2)c1. The van der Waals surface area contributed by atoms with Gasteiger partial charge in [0.1, 0.15) is 5.70 Å². The van der Waals surface area contributed by atoms with Gasteiger partial charge in [0.25, 0.3) is 0 Å². The molecule has 0 radical (unpaired) electrons. The van der Waals surface area contributed by atoms with Crippen molar-refractivity contribution in [2.24, 2.45) is 5.11 Å². The van der Waals surface area contributed by atoms with Gasteiger partial charge in [-0.3, -0.25) is 4.98 Å². The van der Waals surface area contributed by atoms with Crippen molar-refractivity contribution >= 4 is 17.4 Å². The Morgan fingerprint density at radius 2 is 2.18 bits per heavy atom. The number of esters is 1. The molecule has 0 aliphatic carbocycles. The number of ether oxygens (including phenoxy) is 1. The van der Waals surface area contributed by atoms with Gasteiger partial charge in [0.2, 0.25) is 0 Å². The standard InChI is InChI=1S/C16H16N4O2/c1-11-5-6-12(16(21)22-2)8-14(11)19-10-15(20-17)13-4-3-7-18-9-13/h3-10,17,19H,1-2H3/b15-10-,20-17?. The monoisotopic (exact) mass is 296 g/mol. The number of aryl methyl sites for hydroxylation is 1. The lowest BCUT2D eigenvalue weighted by Gasteiger charge is -2.08. The van der Waals surface area contributed by atoms with Gasteiger partial charge in [-0.15, -0.1) is 0 Å². The molecule has 6 heteroatoms. The average molecular weight is 296 g/mol. The van der Waals surface area contributed by atoms with Crippen LogP contribution in [0.15, 0.2) is 54.0 Å². The van der Waals surface area contributed by atoms with Gasteiger partial charge in [-0.1, -0.05) is 6.07 Å². The van der Waals surface area contributed by atoms with Gasteiger partial charge < -0.3 is 10.1 Å². The minimum Gasteiger partial charge on any atom is -0.465 e. The normalized spacial score (nSPS) is 10.9. The lowest BCUT2D eigenvalue weighted by atomic mass is 10.1. The van der Waals surface area contributed by atoms with Gasteiger partial charge in [0.15, 0.2) is 0 Å². The Balaban J connectivity index is 2.28. The zero-order chi connectivity index (χ0) is 15.9. The van der Waals surface area contributed by atoms with Crippen molar-refractivity contribution in [3.63, 3.8) is 0 Å². The van der Waals surface area contributed by atoms with Gasteiger partial charge in [0.05, 0.1) is 12.7 Å². The summed E-state index contributed by atoms with van der Waals surface area (Å²) < 4.78 is 4.71. The number of carbonyl (C=O) groups is 1. The first kappa shape index (κ1) is 15.4. The van der Waals surface area contributed by atoms with Crippen LogP contribution in [0.3, 0.4) is 0 Å². The van der Waals surface area contributed by atoms with Crippen molar-refractivity contribution < 1.29 is 9.53 Å². The molecule has 1 aromatic carbocycles. The summed E-state index contributed by atoms with van der Waals surface area (Å²) in [5.41, 5.74) is 10.6. The number of nitrogens with zero attached hydrogens (tertiary/aromatic N) is 2. The molecule has 2 rings (SSSR count). The Morgan fingerprint density at radius 3 is 2.82 bits per heavy atom. The fraction of sp³-hybridized carbons (Fsp3) is 0.125. The van der Waals surface area contributed by atoms with Crippen LogP contribution in [0.1, 0.15) is 21.5 Å². The summed E-state index contributed by atoms with van der Waals surface area (Å²) in [7, 11) is 1.34. The highest BCUT2D eigenvalue weighted by atomic mass is 16.5. The molecule has 2 N–H and O–H groups in total. The van der Waals surface area contributed by atoms with Crippen LogP contribution in [0, 0.1) is 12.5 Å². The van der Waals surface area contributed by atoms with Crippen LogP contribution < -0.4 is 5.32 Å². The molecule has 0 bridgehead atoms. The fourth-order valence-electron chi connectivity index (χ4n) is 1.86.